The summed E-state index contributed by atoms with van der Waals surface area (Å²) in [5, 5.41) is 9.51. The molecule has 0 fully saturated rings. The molecule has 0 aromatic heterocycles. The molecule has 0 atom stereocenters. The van der Waals surface area contributed by atoms with E-state index in [2.05, 4.69) is 4.85 Å². The van der Waals surface area contributed by atoms with Gasteiger partial charge in [0.2, 0.25) is 0 Å². The Hall–Kier alpha value is -1.50. The molecule has 0 bridgehead atoms. The van der Waals surface area contributed by atoms with E-state index in [1.54, 1.807) is 0 Å². The average Bonchev–Trinajstić information content (AvgIpc) is 2.44. The van der Waals surface area contributed by atoms with Crippen molar-refractivity contribution in [2.45, 2.75) is 12.0 Å². The van der Waals surface area contributed by atoms with Gasteiger partial charge in [0.25, 0.3) is 6.04 Å². The normalized spacial score (nSPS) is 18.9. The second kappa shape index (κ2) is 5.87. The van der Waals surface area contributed by atoms with Crippen LogP contribution in [0.4, 0.5) is 0 Å². The van der Waals surface area contributed by atoms with E-state index in [0.717, 1.165) is 22.3 Å². The van der Waals surface area contributed by atoms with Crippen LogP contribution in [0.2, 0.25) is 0 Å². The van der Waals surface area contributed by atoms with E-state index in [1.807, 2.05) is 48.5 Å². The van der Waals surface area contributed by atoms with Crippen LogP contribution in [0.25, 0.3) is 4.85 Å². The molecule has 0 spiro atoms. The molecule has 95 valence electrons. The molecule has 1 aliphatic carbocycles. The van der Waals surface area contributed by atoms with E-state index in [9.17, 15) is 9.90 Å². The molecule has 3 rings (SSSR count). The maximum absolute atomic E-state index is 11.6. The van der Waals surface area contributed by atoms with Gasteiger partial charge in [-0.3, -0.25) is 4.79 Å². The molecule has 1 aliphatic rings. The third-order valence-corrected chi connectivity index (χ3v) is 3.58. The van der Waals surface area contributed by atoms with Gasteiger partial charge in [0, 0.05) is 43.8 Å². The minimum absolute atomic E-state index is 0. The van der Waals surface area contributed by atoms with Crippen LogP contribution < -0.4 is 0 Å². The van der Waals surface area contributed by atoms with E-state index in [0.29, 0.717) is 0 Å². The molecule has 2 aromatic rings. The molecule has 20 heavy (non-hydrogen) atoms. The fourth-order valence-electron chi connectivity index (χ4n) is 2.79. The van der Waals surface area contributed by atoms with Gasteiger partial charge in [0.15, 0.2) is 0 Å². The SMILES string of the molecule is [C-]#[N+]C1c2ccccc2C(C(=O)O)c2ccccc21.[Y]. The van der Waals surface area contributed by atoms with Gasteiger partial charge in [0.05, 0.1) is 0 Å². The summed E-state index contributed by atoms with van der Waals surface area (Å²) in [6.07, 6.45) is 0. The summed E-state index contributed by atoms with van der Waals surface area (Å²) >= 11 is 0. The van der Waals surface area contributed by atoms with Gasteiger partial charge in [-0.15, -0.1) is 0 Å². The fourth-order valence-corrected chi connectivity index (χ4v) is 2.79. The minimum Gasteiger partial charge on any atom is -0.481 e. The zero-order chi connectivity index (χ0) is 13.4. The Labute approximate surface area is 142 Å². The van der Waals surface area contributed by atoms with E-state index >= 15 is 0 Å². The minimum atomic E-state index is -0.872. The summed E-state index contributed by atoms with van der Waals surface area (Å²) in [5.74, 6) is -1.55. The van der Waals surface area contributed by atoms with E-state index in [4.69, 9.17) is 6.57 Å². The van der Waals surface area contributed by atoms with E-state index in [1.165, 1.54) is 0 Å². The first-order chi connectivity index (χ1) is 9.24. The van der Waals surface area contributed by atoms with Crippen molar-refractivity contribution in [2.24, 2.45) is 0 Å². The third kappa shape index (κ3) is 2.20. The van der Waals surface area contributed by atoms with E-state index in [-0.39, 0.29) is 32.7 Å². The molecule has 1 radical (unpaired) electrons. The van der Waals surface area contributed by atoms with Gasteiger partial charge in [0.1, 0.15) is 5.92 Å². The predicted molar refractivity (Wildman–Crippen MR) is 70.8 cm³/mol. The number of fused-ring (bicyclic) bond motifs is 2. The number of benzene rings is 2. The Bertz CT molecular complexity index is 658. The Kier molecular flexibility index (Phi) is 4.37. The number of carboxylic acids is 1. The van der Waals surface area contributed by atoms with Gasteiger partial charge in [-0.2, -0.15) is 0 Å². The summed E-state index contributed by atoms with van der Waals surface area (Å²) < 4.78 is 0. The van der Waals surface area contributed by atoms with Crippen molar-refractivity contribution in [3.8, 4) is 0 Å². The Morgan fingerprint density at radius 3 is 1.70 bits per heavy atom. The first-order valence-electron chi connectivity index (χ1n) is 6.01. The van der Waals surface area contributed by atoms with Gasteiger partial charge in [-0.1, -0.05) is 48.5 Å². The summed E-state index contributed by atoms with van der Waals surface area (Å²) in [6.45, 7) is 7.41. The summed E-state index contributed by atoms with van der Waals surface area (Å²) in [4.78, 5) is 15.3. The van der Waals surface area contributed by atoms with Crippen molar-refractivity contribution >= 4 is 5.97 Å². The maximum atomic E-state index is 11.6. The molecule has 4 heteroatoms. The van der Waals surface area contributed by atoms with Crippen LogP contribution in [0.5, 0.6) is 0 Å². The number of hydrogen-bond acceptors (Lipinski definition) is 1. The average molecular weight is 338 g/mol. The number of carbonyl (C=O) groups is 1. The van der Waals surface area contributed by atoms with E-state index < -0.39 is 17.9 Å². The first kappa shape index (κ1) is 14.9. The standard InChI is InChI=1S/C16H11NO2.Y/c1-17-15-12-8-4-2-6-10(12)14(16(18)19)11-7-3-5-9-13(11)15;/h2-9,14-15H,(H,18,19);. The van der Waals surface area contributed by atoms with Crippen LogP contribution in [-0.2, 0) is 37.5 Å². The molecule has 0 saturated carbocycles. The van der Waals surface area contributed by atoms with Crippen molar-refractivity contribution in [1.82, 2.24) is 0 Å². The van der Waals surface area contributed by atoms with Crippen LogP contribution in [0.1, 0.15) is 34.2 Å². The van der Waals surface area contributed by atoms with Crippen LogP contribution in [-0.4, -0.2) is 11.1 Å². The second-order valence-electron chi connectivity index (χ2n) is 4.56. The number of nitrogens with zero attached hydrogens (tertiary/aromatic N) is 1. The zero-order valence-corrected chi connectivity index (χ0v) is 13.5. The molecule has 2 aromatic carbocycles. The smallest absolute Gasteiger partial charge is 0.315 e. The number of carboxylic acid groups (broad SMARTS) is 1. The van der Waals surface area contributed by atoms with Crippen molar-refractivity contribution < 1.29 is 42.6 Å². The monoisotopic (exact) mass is 338 g/mol. The van der Waals surface area contributed by atoms with Crippen molar-refractivity contribution in [1.29, 1.82) is 0 Å². The van der Waals surface area contributed by atoms with Gasteiger partial charge in [-0.25, -0.2) is 6.57 Å². The van der Waals surface area contributed by atoms with Crippen LogP contribution in [0, 0.1) is 6.57 Å². The van der Waals surface area contributed by atoms with Gasteiger partial charge < -0.3 is 9.95 Å². The van der Waals surface area contributed by atoms with Crippen molar-refractivity contribution in [2.75, 3.05) is 0 Å². The number of hydrogen-bond donors (Lipinski definition) is 1. The second-order valence-corrected chi connectivity index (χ2v) is 4.56. The van der Waals surface area contributed by atoms with Gasteiger partial charge in [-0.05, 0) is 11.1 Å². The third-order valence-electron chi connectivity index (χ3n) is 3.58. The first-order valence-corrected chi connectivity index (χ1v) is 6.01. The summed E-state index contributed by atoms with van der Waals surface area (Å²) in [7, 11) is 0. The van der Waals surface area contributed by atoms with Crippen molar-refractivity contribution in [3.63, 3.8) is 0 Å². The largest absolute Gasteiger partial charge is 0.481 e. The molecule has 1 N–H and O–H groups in total. The van der Waals surface area contributed by atoms with Crippen LogP contribution >= 0.6 is 0 Å². The van der Waals surface area contributed by atoms with Crippen LogP contribution in [0.15, 0.2) is 48.5 Å². The molecule has 0 heterocycles. The Morgan fingerprint density at radius 1 is 0.950 bits per heavy atom. The fraction of sp³-hybridized carbons (Fsp3) is 0.125. The Morgan fingerprint density at radius 2 is 1.35 bits per heavy atom. The van der Waals surface area contributed by atoms with Crippen LogP contribution in [0.3, 0.4) is 0 Å². The molecule has 3 nitrogen and oxygen atoms in total. The summed E-state index contributed by atoms with van der Waals surface area (Å²) in [5.41, 5.74) is 3.08. The zero-order valence-electron chi connectivity index (χ0n) is 10.7. The van der Waals surface area contributed by atoms with Gasteiger partial charge >= 0.3 is 5.97 Å². The number of rotatable bonds is 1. The molecule has 0 unspecified atom stereocenters. The summed E-state index contributed by atoms with van der Waals surface area (Å²) in [6, 6.07) is 14.3. The predicted octanol–water partition coefficient (Wildman–Crippen LogP) is 3.22. The molecule has 0 amide bonds. The topological polar surface area (TPSA) is 41.7 Å². The molecular formula is C16H11NO2Y. The Balaban J connectivity index is 0.00000147. The number of aliphatic carboxylic acids is 1. The van der Waals surface area contributed by atoms with Crippen molar-refractivity contribution in [3.05, 3.63) is 82.2 Å². The quantitative estimate of drug-likeness (QED) is 0.812. The maximum Gasteiger partial charge on any atom is 0.315 e. The molecule has 0 saturated heterocycles. The molecular weight excluding hydrogens is 327 g/mol. The molecule has 0 aliphatic heterocycles.